The van der Waals surface area contributed by atoms with E-state index < -0.39 is 12.5 Å². The first-order valence-corrected chi connectivity index (χ1v) is 7.83. The van der Waals surface area contributed by atoms with E-state index in [2.05, 4.69) is 10.1 Å². The Morgan fingerprint density at radius 1 is 1.36 bits per heavy atom. The molecule has 1 saturated heterocycles. The maximum Gasteiger partial charge on any atom is 0.387 e. The third kappa shape index (κ3) is 5.82. The second kappa shape index (κ2) is 10.1. The Bertz CT molecular complexity index is 589. The zero-order chi connectivity index (χ0) is 17.5. The van der Waals surface area contributed by atoms with Crippen LogP contribution in [-0.4, -0.2) is 49.5 Å². The van der Waals surface area contributed by atoms with Gasteiger partial charge in [-0.2, -0.15) is 8.78 Å². The normalized spacial score (nSPS) is 17.0. The van der Waals surface area contributed by atoms with E-state index in [-0.39, 0.29) is 42.1 Å². The number of para-hydroxylation sites is 1. The summed E-state index contributed by atoms with van der Waals surface area (Å²) in [7, 11) is 0. The predicted octanol–water partition coefficient (Wildman–Crippen LogP) is 1.64. The first-order chi connectivity index (χ1) is 11.5. The first-order valence-electron chi connectivity index (χ1n) is 7.83. The molecule has 1 aromatic rings. The summed E-state index contributed by atoms with van der Waals surface area (Å²) in [6, 6.07) is 5.88. The molecule has 1 heterocycles. The second-order valence-electron chi connectivity index (χ2n) is 5.54. The predicted molar refractivity (Wildman–Crippen MR) is 91.0 cm³/mol. The van der Waals surface area contributed by atoms with Crippen molar-refractivity contribution in [2.75, 3.05) is 26.2 Å². The Morgan fingerprint density at radius 2 is 2.08 bits per heavy atom. The Kier molecular flexibility index (Phi) is 8.57. The summed E-state index contributed by atoms with van der Waals surface area (Å²) in [4.78, 5) is 26.2. The number of benzene rings is 1. The summed E-state index contributed by atoms with van der Waals surface area (Å²) in [6.45, 7) is -1.55. The van der Waals surface area contributed by atoms with Gasteiger partial charge >= 0.3 is 6.61 Å². The zero-order valence-electron chi connectivity index (χ0n) is 13.6. The lowest BCUT2D eigenvalue weighted by Gasteiger charge is -2.32. The molecular weight excluding hydrogens is 356 g/mol. The van der Waals surface area contributed by atoms with Gasteiger partial charge in [-0.25, -0.2) is 0 Å². The number of nitrogens with two attached hydrogens (primary N) is 1. The van der Waals surface area contributed by atoms with Crippen molar-refractivity contribution in [3.8, 4) is 5.75 Å². The van der Waals surface area contributed by atoms with Crippen LogP contribution in [0.15, 0.2) is 24.3 Å². The fourth-order valence-electron chi connectivity index (χ4n) is 2.73. The van der Waals surface area contributed by atoms with E-state index in [9.17, 15) is 18.4 Å². The molecule has 1 aliphatic rings. The summed E-state index contributed by atoms with van der Waals surface area (Å²) in [5, 5.41) is 2.71. The standard InChI is InChI=1S/C16H21F2N3O3.ClH/c17-16(18)24-13-6-2-1-5-12(13)15(23)21-9-3-4-11(10-21)14(22)20-8-7-19;/h1-2,5-6,11,16H,3-4,7-10,19H2,(H,20,22);1H. The third-order valence-corrected chi connectivity index (χ3v) is 3.86. The van der Waals surface area contributed by atoms with Gasteiger partial charge < -0.3 is 20.7 Å². The number of nitrogens with one attached hydrogen (secondary N) is 1. The van der Waals surface area contributed by atoms with Crippen LogP contribution < -0.4 is 15.8 Å². The van der Waals surface area contributed by atoms with E-state index in [1.807, 2.05) is 0 Å². The highest BCUT2D eigenvalue weighted by Gasteiger charge is 2.30. The minimum atomic E-state index is -3.00. The molecule has 1 aromatic carbocycles. The molecule has 2 amide bonds. The van der Waals surface area contributed by atoms with Crippen LogP contribution in [0.2, 0.25) is 0 Å². The van der Waals surface area contributed by atoms with Gasteiger partial charge in [0, 0.05) is 26.2 Å². The van der Waals surface area contributed by atoms with E-state index in [1.54, 1.807) is 6.07 Å². The molecule has 3 N–H and O–H groups in total. The van der Waals surface area contributed by atoms with Gasteiger partial charge in [0.15, 0.2) is 0 Å². The van der Waals surface area contributed by atoms with Crippen LogP contribution in [-0.2, 0) is 4.79 Å². The number of amides is 2. The highest BCUT2D eigenvalue weighted by atomic mass is 35.5. The highest BCUT2D eigenvalue weighted by molar-refractivity contribution is 5.97. The zero-order valence-corrected chi connectivity index (χ0v) is 14.4. The number of carbonyl (C=O) groups excluding carboxylic acids is 2. The number of hydrogen-bond donors (Lipinski definition) is 2. The van der Waals surface area contributed by atoms with Crippen LogP contribution >= 0.6 is 12.4 Å². The number of likely N-dealkylation sites (tertiary alicyclic amines) is 1. The number of carbonyl (C=O) groups is 2. The molecule has 1 aliphatic heterocycles. The number of ether oxygens (including phenoxy) is 1. The lowest BCUT2D eigenvalue weighted by atomic mass is 9.96. The molecule has 1 atom stereocenters. The van der Waals surface area contributed by atoms with Gasteiger partial charge in [-0.15, -0.1) is 12.4 Å². The third-order valence-electron chi connectivity index (χ3n) is 3.86. The van der Waals surface area contributed by atoms with Gasteiger partial charge in [0.1, 0.15) is 5.75 Å². The lowest BCUT2D eigenvalue weighted by Crippen LogP contribution is -2.46. The van der Waals surface area contributed by atoms with Crippen LogP contribution in [0.4, 0.5) is 8.78 Å². The lowest BCUT2D eigenvalue weighted by molar-refractivity contribution is -0.126. The molecule has 25 heavy (non-hydrogen) atoms. The average Bonchev–Trinajstić information content (AvgIpc) is 2.59. The largest absolute Gasteiger partial charge is 0.434 e. The number of rotatable bonds is 6. The maximum absolute atomic E-state index is 12.6. The van der Waals surface area contributed by atoms with E-state index in [4.69, 9.17) is 5.73 Å². The average molecular weight is 378 g/mol. The smallest absolute Gasteiger partial charge is 0.387 e. The minimum absolute atomic E-state index is 0. The number of halogens is 3. The van der Waals surface area contributed by atoms with Gasteiger partial charge in [-0.05, 0) is 25.0 Å². The van der Waals surface area contributed by atoms with Crippen LogP contribution in [0.25, 0.3) is 0 Å². The summed E-state index contributed by atoms with van der Waals surface area (Å²) < 4.78 is 29.4. The number of alkyl halides is 2. The molecule has 6 nitrogen and oxygen atoms in total. The molecular formula is C16H22ClF2N3O3. The van der Waals surface area contributed by atoms with Crippen molar-refractivity contribution in [3.63, 3.8) is 0 Å². The van der Waals surface area contributed by atoms with Crippen molar-refractivity contribution in [3.05, 3.63) is 29.8 Å². The fourth-order valence-corrected chi connectivity index (χ4v) is 2.73. The van der Waals surface area contributed by atoms with Gasteiger partial charge in [0.05, 0.1) is 11.5 Å². The minimum Gasteiger partial charge on any atom is -0.434 e. The summed E-state index contributed by atoms with van der Waals surface area (Å²) in [5.74, 6) is -1.04. The van der Waals surface area contributed by atoms with E-state index in [0.717, 1.165) is 0 Å². The molecule has 0 saturated carbocycles. The monoisotopic (exact) mass is 377 g/mol. The van der Waals surface area contributed by atoms with Crippen molar-refractivity contribution in [2.24, 2.45) is 11.7 Å². The molecule has 0 aliphatic carbocycles. The molecule has 9 heteroatoms. The molecule has 140 valence electrons. The SMILES string of the molecule is Cl.NCCNC(=O)C1CCCN(C(=O)c2ccccc2OC(F)F)C1. The summed E-state index contributed by atoms with van der Waals surface area (Å²) >= 11 is 0. The van der Waals surface area contributed by atoms with Crippen molar-refractivity contribution in [1.82, 2.24) is 10.2 Å². The van der Waals surface area contributed by atoms with E-state index >= 15 is 0 Å². The molecule has 1 unspecified atom stereocenters. The van der Waals surface area contributed by atoms with Crippen LogP contribution in [0.5, 0.6) is 5.75 Å². The Labute approximate surface area is 151 Å². The Morgan fingerprint density at radius 3 is 2.76 bits per heavy atom. The number of nitrogens with zero attached hydrogens (tertiary/aromatic N) is 1. The van der Waals surface area contributed by atoms with Crippen molar-refractivity contribution < 1.29 is 23.1 Å². The molecule has 0 bridgehead atoms. The van der Waals surface area contributed by atoms with E-state index in [0.29, 0.717) is 32.5 Å². The second-order valence-corrected chi connectivity index (χ2v) is 5.54. The Hall–Kier alpha value is -1.93. The van der Waals surface area contributed by atoms with Crippen LogP contribution in [0, 0.1) is 5.92 Å². The molecule has 2 rings (SSSR count). The first kappa shape index (κ1) is 21.1. The summed E-state index contributed by atoms with van der Waals surface area (Å²) in [5.41, 5.74) is 5.43. The Balaban J connectivity index is 0.00000312. The summed E-state index contributed by atoms with van der Waals surface area (Å²) in [6.07, 6.45) is 1.35. The van der Waals surface area contributed by atoms with Crippen molar-refractivity contribution in [2.45, 2.75) is 19.5 Å². The number of piperidine rings is 1. The highest BCUT2D eigenvalue weighted by Crippen LogP contribution is 2.25. The van der Waals surface area contributed by atoms with Gasteiger partial charge in [-0.3, -0.25) is 9.59 Å². The molecule has 0 spiro atoms. The quantitative estimate of drug-likeness (QED) is 0.789. The van der Waals surface area contributed by atoms with Crippen LogP contribution in [0.1, 0.15) is 23.2 Å². The van der Waals surface area contributed by atoms with Crippen LogP contribution in [0.3, 0.4) is 0 Å². The van der Waals surface area contributed by atoms with Gasteiger partial charge in [-0.1, -0.05) is 12.1 Å². The molecule has 0 aromatic heterocycles. The number of hydrogen-bond acceptors (Lipinski definition) is 4. The van der Waals surface area contributed by atoms with Gasteiger partial charge in [0.25, 0.3) is 5.91 Å². The van der Waals surface area contributed by atoms with Crippen molar-refractivity contribution >= 4 is 24.2 Å². The molecule has 0 radical (unpaired) electrons. The molecule has 1 fully saturated rings. The maximum atomic E-state index is 12.6. The topological polar surface area (TPSA) is 84.7 Å². The fraction of sp³-hybridized carbons (Fsp3) is 0.500. The van der Waals surface area contributed by atoms with Crippen molar-refractivity contribution in [1.29, 1.82) is 0 Å². The van der Waals surface area contributed by atoms with Gasteiger partial charge in [0.2, 0.25) is 5.91 Å². The van der Waals surface area contributed by atoms with E-state index in [1.165, 1.54) is 23.1 Å².